The number of carbonyl (C=O) groups excluding carboxylic acids is 2. The molecular weight excluding hydrogens is 258 g/mol. The summed E-state index contributed by atoms with van der Waals surface area (Å²) in [6.45, 7) is -0.0706. The molecule has 0 unspecified atom stereocenters. The van der Waals surface area contributed by atoms with Gasteiger partial charge in [0.15, 0.2) is 0 Å². The predicted octanol–water partition coefficient (Wildman–Crippen LogP) is 1.32. The van der Waals surface area contributed by atoms with Crippen molar-refractivity contribution < 1.29 is 14.3 Å². The van der Waals surface area contributed by atoms with Crippen LogP contribution in [0.25, 0.3) is 11.1 Å². The summed E-state index contributed by atoms with van der Waals surface area (Å²) in [5.41, 5.74) is 2.43. The normalized spacial score (nSPS) is 10.1. The molecule has 0 aliphatic heterocycles. The number of methoxy groups -OCH3 is 1. The van der Waals surface area contributed by atoms with Gasteiger partial charge >= 0.3 is 5.97 Å². The van der Waals surface area contributed by atoms with E-state index < -0.39 is 5.97 Å². The minimum absolute atomic E-state index is 0.0706. The number of benzene rings is 1. The van der Waals surface area contributed by atoms with Gasteiger partial charge < -0.3 is 9.64 Å². The van der Waals surface area contributed by atoms with E-state index in [4.69, 9.17) is 0 Å². The molecule has 104 valence electrons. The van der Waals surface area contributed by atoms with Crippen molar-refractivity contribution in [2.24, 2.45) is 0 Å². The molecule has 1 aromatic carbocycles. The molecule has 2 rings (SSSR count). The monoisotopic (exact) mass is 273 g/mol. The fraction of sp³-hybridized carbons (Fsp3) is 0.214. The highest BCUT2D eigenvalue weighted by Gasteiger charge is 2.15. The fourth-order valence-electron chi connectivity index (χ4n) is 1.76. The highest BCUT2D eigenvalue weighted by atomic mass is 16.5. The van der Waals surface area contributed by atoms with E-state index in [0.29, 0.717) is 5.56 Å². The lowest BCUT2D eigenvalue weighted by Gasteiger charge is -2.15. The highest BCUT2D eigenvalue weighted by molar-refractivity contribution is 5.96. The molecule has 0 aliphatic carbocycles. The number of aromatic amines is 1. The fourth-order valence-corrected chi connectivity index (χ4v) is 1.76. The van der Waals surface area contributed by atoms with Crippen molar-refractivity contribution in [1.82, 2.24) is 15.1 Å². The number of amides is 1. The lowest BCUT2D eigenvalue weighted by Crippen LogP contribution is -2.32. The lowest BCUT2D eigenvalue weighted by molar-refractivity contribution is -0.141. The number of esters is 1. The van der Waals surface area contributed by atoms with Gasteiger partial charge in [0, 0.05) is 24.4 Å². The summed E-state index contributed by atoms with van der Waals surface area (Å²) in [4.78, 5) is 24.6. The van der Waals surface area contributed by atoms with Gasteiger partial charge in [-0.15, -0.1) is 0 Å². The van der Waals surface area contributed by atoms with E-state index in [1.54, 1.807) is 31.6 Å². The molecule has 1 heterocycles. The number of carbonyl (C=O) groups is 2. The predicted molar refractivity (Wildman–Crippen MR) is 73.0 cm³/mol. The molecule has 0 saturated heterocycles. The van der Waals surface area contributed by atoms with Crippen molar-refractivity contribution in [3.05, 3.63) is 42.2 Å². The first-order valence-corrected chi connectivity index (χ1v) is 6.03. The summed E-state index contributed by atoms with van der Waals surface area (Å²) in [5, 5.41) is 6.61. The minimum Gasteiger partial charge on any atom is -0.468 e. The molecule has 6 nitrogen and oxygen atoms in total. The number of nitrogens with zero attached hydrogens (tertiary/aromatic N) is 2. The number of ether oxygens (including phenoxy) is 1. The minimum atomic E-state index is -0.448. The highest BCUT2D eigenvalue weighted by Crippen LogP contribution is 2.18. The van der Waals surface area contributed by atoms with Gasteiger partial charge in [0.05, 0.1) is 13.3 Å². The van der Waals surface area contributed by atoms with Gasteiger partial charge in [-0.1, -0.05) is 12.1 Å². The molecule has 20 heavy (non-hydrogen) atoms. The van der Waals surface area contributed by atoms with Crippen molar-refractivity contribution in [1.29, 1.82) is 0 Å². The zero-order valence-electron chi connectivity index (χ0n) is 11.3. The van der Waals surface area contributed by atoms with Crippen molar-refractivity contribution >= 4 is 11.9 Å². The van der Waals surface area contributed by atoms with Crippen LogP contribution in [-0.2, 0) is 9.53 Å². The van der Waals surface area contributed by atoms with Crippen LogP contribution < -0.4 is 0 Å². The van der Waals surface area contributed by atoms with Crippen LogP contribution in [0.1, 0.15) is 10.4 Å². The van der Waals surface area contributed by atoms with Crippen LogP contribution in [-0.4, -0.2) is 47.7 Å². The molecule has 1 N–H and O–H groups in total. The Kier molecular flexibility index (Phi) is 4.14. The number of likely N-dealkylation sites (N-methyl/N-ethyl adjacent to an activating group) is 1. The third kappa shape index (κ3) is 3.03. The van der Waals surface area contributed by atoms with E-state index in [1.165, 1.54) is 12.0 Å². The van der Waals surface area contributed by atoms with E-state index in [9.17, 15) is 9.59 Å². The smallest absolute Gasteiger partial charge is 0.325 e. The average Bonchev–Trinajstić information content (AvgIpc) is 3.00. The summed E-state index contributed by atoms with van der Waals surface area (Å²) in [7, 11) is 2.85. The molecule has 0 aliphatic rings. The Morgan fingerprint density at radius 3 is 2.50 bits per heavy atom. The van der Waals surface area contributed by atoms with Gasteiger partial charge in [-0.2, -0.15) is 5.10 Å². The van der Waals surface area contributed by atoms with Crippen molar-refractivity contribution in [3.8, 4) is 11.1 Å². The summed E-state index contributed by atoms with van der Waals surface area (Å²) in [6, 6.07) is 7.12. The van der Waals surface area contributed by atoms with Gasteiger partial charge in [-0.3, -0.25) is 14.7 Å². The van der Waals surface area contributed by atoms with Gasteiger partial charge in [-0.25, -0.2) is 0 Å². The Bertz CT molecular complexity index is 591. The molecular formula is C14H15N3O3. The number of rotatable bonds is 4. The Labute approximate surface area is 116 Å². The zero-order valence-corrected chi connectivity index (χ0v) is 11.3. The van der Waals surface area contributed by atoms with E-state index in [0.717, 1.165) is 11.1 Å². The lowest BCUT2D eigenvalue weighted by atomic mass is 10.1. The molecule has 2 aromatic rings. The summed E-state index contributed by atoms with van der Waals surface area (Å²) < 4.78 is 4.53. The first-order valence-electron chi connectivity index (χ1n) is 6.03. The molecule has 0 atom stereocenters. The van der Waals surface area contributed by atoms with Gasteiger partial charge in [0.2, 0.25) is 0 Å². The number of H-pyrrole nitrogens is 1. The number of hydrogen-bond acceptors (Lipinski definition) is 4. The molecule has 1 amide bonds. The van der Waals surface area contributed by atoms with E-state index >= 15 is 0 Å². The first kappa shape index (κ1) is 13.8. The van der Waals surface area contributed by atoms with Crippen LogP contribution in [0.3, 0.4) is 0 Å². The largest absolute Gasteiger partial charge is 0.468 e. The van der Waals surface area contributed by atoms with Crippen molar-refractivity contribution in [2.45, 2.75) is 0 Å². The van der Waals surface area contributed by atoms with E-state index in [-0.39, 0.29) is 12.5 Å². The van der Waals surface area contributed by atoms with E-state index in [2.05, 4.69) is 14.9 Å². The Morgan fingerprint density at radius 1 is 1.25 bits per heavy atom. The van der Waals surface area contributed by atoms with Crippen LogP contribution >= 0.6 is 0 Å². The summed E-state index contributed by atoms with van der Waals surface area (Å²) in [6.07, 6.45) is 3.49. The maximum atomic E-state index is 12.1. The quantitative estimate of drug-likeness (QED) is 0.852. The van der Waals surface area contributed by atoms with Crippen molar-refractivity contribution in [2.75, 3.05) is 20.7 Å². The van der Waals surface area contributed by atoms with Crippen LogP contribution in [0.5, 0.6) is 0 Å². The molecule has 0 saturated carbocycles. The number of aromatic nitrogens is 2. The first-order chi connectivity index (χ1) is 9.61. The molecule has 0 radical (unpaired) electrons. The van der Waals surface area contributed by atoms with Crippen LogP contribution in [0.2, 0.25) is 0 Å². The summed E-state index contributed by atoms with van der Waals surface area (Å²) in [5.74, 6) is -0.676. The third-order valence-electron chi connectivity index (χ3n) is 2.90. The van der Waals surface area contributed by atoms with Crippen LogP contribution in [0.4, 0.5) is 0 Å². The SMILES string of the molecule is COC(=O)CN(C)C(=O)c1ccc(-c2cn[nH]c2)cc1. The average molecular weight is 273 g/mol. The Balaban J connectivity index is 2.09. The third-order valence-corrected chi connectivity index (χ3v) is 2.90. The molecule has 0 bridgehead atoms. The maximum absolute atomic E-state index is 12.1. The standard InChI is InChI=1S/C14H15N3O3/c1-17(9-13(18)20-2)14(19)11-5-3-10(4-6-11)12-7-15-16-8-12/h3-8H,9H2,1-2H3,(H,15,16). The molecule has 6 heteroatoms. The van der Waals surface area contributed by atoms with Crippen LogP contribution in [0, 0.1) is 0 Å². The van der Waals surface area contributed by atoms with Gasteiger partial charge in [0.1, 0.15) is 6.54 Å². The zero-order chi connectivity index (χ0) is 14.5. The van der Waals surface area contributed by atoms with Gasteiger partial charge in [0.25, 0.3) is 5.91 Å². The topological polar surface area (TPSA) is 75.3 Å². The van der Waals surface area contributed by atoms with Gasteiger partial charge in [-0.05, 0) is 17.7 Å². The number of hydrogen-bond donors (Lipinski definition) is 1. The second kappa shape index (κ2) is 6.01. The second-order valence-electron chi connectivity index (χ2n) is 4.30. The van der Waals surface area contributed by atoms with Crippen molar-refractivity contribution in [3.63, 3.8) is 0 Å². The molecule has 1 aromatic heterocycles. The molecule has 0 spiro atoms. The van der Waals surface area contributed by atoms with E-state index in [1.807, 2.05) is 12.1 Å². The maximum Gasteiger partial charge on any atom is 0.325 e. The number of nitrogens with one attached hydrogen (secondary N) is 1. The summed E-state index contributed by atoms with van der Waals surface area (Å²) >= 11 is 0. The Hall–Kier alpha value is -2.63. The molecule has 0 fully saturated rings. The second-order valence-corrected chi connectivity index (χ2v) is 4.30. The van der Waals surface area contributed by atoms with Crippen LogP contribution in [0.15, 0.2) is 36.7 Å². The Morgan fingerprint density at radius 2 is 1.95 bits per heavy atom.